The number of aryl methyl sites for hydroxylation is 2. The van der Waals surface area contributed by atoms with E-state index in [4.69, 9.17) is 0 Å². The van der Waals surface area contributed by atoms with E-state index in [-0.39, 0.29) is 11.8 Å². The molecule has 0 aliphatic rings. The van der Waals surface area contributed by atoms with Crippen molar-refractivity contribution >= 4 is 40.3 Å². The van der Waals surface area contributed by atoms with Gasteiger partial charge in [0.2, 0.25) is 0 Å². The molecule has 0 saturated heterocycles. The Bertz CT molecular complexity index is 1580. The molecule has 192 valence electrons. The third-order valence-electron chi connectivity index (χ3n) is 6.57. The van der Waals surface area contributed by atoms with Gasteiger partial charge in [-0.2, -0.15) is 0 Å². The number of carbonyl (C=O) groups is 2. The van der Waals surface area contributed by atoms with Crippen LogP contribution < -0.4 is 15.5 Å². The molecule has 0 spiro atoms. The Hall–Kier alpha value is -5.16. The number of benzene rings is 5. The molecule has 0 heterocycles. The van der Waals surface area contributed by atoms with E-state index in [1.165, 1.54) is 0 Å². The maximum Gasteiger partial charge on any atom is 0.257 e. The lowest BCUT2D eigenvalue weighted by atomic mass is 10.1. The Morgan fingerprint density at radius 1 is 0.538 bits per heavy atom. The van der Waals surface area contributed by atoms with Gasteiger partial charge in [0, 0.05) is 28.3 Å². The summed E-state index contributed by atoms with van der Waals surface area (Å²) in [5.41, 5.74) is 7.12. The van der Waals surface area contributed by atoms with E-state index >= 15 is 0 Å². The SMILES string of the molecule is Cc1ccc(NC(=O)c2cccc(NC(=O)c3ccccc3N(c3ccccc3)c3ccccc3)c2)cc1C. The van der Waals surface area contributed by atoms with Crippen molar-refractivity contribution in [1.29, 1.82) is 0 Å². The molecule has 0 unspecified atom stereocenters. The summed E-state index contributed by atoms with van der Waals surface area (Å²) in [6.45, 7) is 4.04. The quantitative estimate of drug-likeness (QED) is 0.231. The van der Waals surface area contributed by atoms with Gasteiger partial charge in [0.15, 0.2) is 0 Å². The average Bonchev–Trinajstić information content (AvgIpc) is 2.97. The van der Waals surface area contributed by atoms with Gasteiger partial charge in [-0.05, 0) is 91.7 Å². The van der Waals surface area contributed by atoms with Crippen LogP contribution in [0.3, 0.4) is 0 Å². The molecule has 5 heteroatoms. The molecule has 0 bridgehead atoms. The van der Waals surface area contributed by atoms with Gasteiger partial charge >= 0.3 is 0 Å². The lowest BCUT2D eigenvalue weighted by Gasteiger charge is -2.27. The van der Waals surface area contributed by atoms with Crippen LogP contribution in [0.2, 0.25) is 0 Å². The maximum absolute atomic E-state index is 13.6. The minimum absolute atomic E-state index is 0.242. The minimum atomic E-state index is -0.269. The summed E-state index contributed by atoms with van der Waals surface area (Å²) < 4.78 is 0. The molecular formula is C34H29N3O2. The van der Waals surface area contributed by atoms with Crippen molar-refractivity contribution in [2.45, 2.75) is 13.8 Å². The van der Waals surface area contributed by atoms with Crippen molar-refractivity contribution in [1.82, 2.24) is 0 Å². The normalized spacial score (nSPS) is 10.5. The average molecular weight is 512 g/mol. The summed E-state index contributed by atoms with van der Waals surface area (Å²) in [6.07, 6.45) is 0. The first kappa shape index (κ1) is 25.5. The fourth-order valence-electron chi connectivity index (χ4n) is 4.40. The third-order valence-corrected chi connectivity index (χ3v) is 6.57. The standard InChI is InChI=1S/C34H29N3O2/c1-24-20-21-28(22-25(24)2)35-33(38)26-12-11-13-27(23-26)36-34(39)31-18-9-10-19-32(31)37(29-14-5-3-6-15-29)30-16-7-4-8-17-30/h3-23H,1-2H3,(H,35,38)(H,36,39). The molecule has 2 N–H and O–H groups in total. The molecule has 0 aliphatic heterocycles. The first-order valence-corrected chi connectivity index (χ1v) is 12.8. The molecule has 5 nitrogen and oxygen atoms in total. The largest absolute Gasteiger partial charge is 0.322 e. The van der Waals surface area contributed by atoms with Crippen LogP contribution in [0.1, 0.15) is 31.8 Å². The van der Waals surface area contributed by atoms with Gasteiger partial charge in [-0.1, -0.05) is 60.7 Å². The molecule has 5 aromatic carbocycles. The fourth-order valence-corrected chi connectivity index (χ4v) is 4.40. The monoisotopic (exact) mass is 511 g/mol. The molecule has 0 aromatic heterocycles. The summed E-state index contributed by atoms with van der Waals surface area (Å²) in [5, 5.41) is 5.93. The topological polar surface area (TPSA) is 61.4 Å². The second kappa shape index (κ2) is 11.5. The molecular weight excluding hydrogens is 482 g/mol. The summed E-state index contributed by atoms with van der Waals surface area (Å²) in [7, 11) is 0. The first-order valence-electron chi connectivity index (χ1n) is 12.8. The molecule has 0 saturated carbocycles. The number of amides is 2. The molecule has 0 aliphatic carbocycles. The Morgan fingerprint density at radius 2 is 1.13 bits per heavy atom. The van der Waals surface area contributed by atoms with Gasteiger partial charge in [0.05, 0.1) is 11.3 Å². The van der Waals surface area contributed by atoms with Crippen molar-refractivity contribution in [2.24, 2.45) is 0 Å². The number of nitrogens with one attached hydrogen (secondary N) is 2. The Labute approximate surface area is 228 Å². The molecule has 0 fully saturated rings. The molecule has 0 radical (unpaired) electrons. The van der Waals surface area contributed by atoms with Crippen LogP contribution in [0.25, 0.3) is 0 Å². The number of anilines is 5. The van der Waals surface area contributed by atoms with Crippen LogP contribution >= 0.6 is 0 Å². The predicted molar refractivity (Wildman–Crippen MR) is 159 cm³/mol. The van der Waals surface area contributed by atoms with Gasteiger partial charge < -0.3 is 15.5 Å². The maximum atomic E-state index is 13.6. The lowest BCUT2D eigenvalue weighted by Crippen LogP contribution is -2.19. The van der Waals surface area contributed by atoms with Crippen molar-refractivity contribution in [3.63, 3.8) is 0 Å². The number of nitrogens with zero attached hydrogens (tertiary/aromatic N) is 1. The first-order chi connectivity index (χ1) is 19.0. The Balaban J connectivity index is 1.41. The van der Waals surface area contributed by atoms with E-state index < -0.39 is 0 Å². The van der Waals surface area contributed by atoms with E-state index in [1.54, 1.807) is 30.3 Å². The number of hydrogen-bond donors (Lipinski definition) is 2. The van der Waals surface area contributed by atoms with Crippen LogP contribution in [0.15, 0.2) is 127 Å². The van der Waals surface area contributed by atoms with E-state index in [9.17, 15) is 9.59 Å². The van der Waals surface area contributed by atoms with Gasteiger partial charge in [-0.25, -0.2) is 0 Å². The number of hydrogen-bond acceptors (Lipinski definition) is 3. The van der Waals surface area contributed by atoms with Crippen molar-refractivity contribution in [3.8, 4) is 0 Å². The zero-order chi connectivity index (χ0) is 27.2. The van der Waals surface area contributed by atoms with Crippen LogP contribution in [0.4, 0.5) is 28.4 Å². The third kappa shape index (κ3) is 5.89. The van der Waals surface area contributed by atoms with E-state index in [1.807, 2.05) is 111 Å². The fraction of sp³-hybridized carbons (Fsp3) is 0.0588. The number of para-hydroxylation sites is 3. The van der Waals surface area contributed by atoms with E-state index in [0.29, 0.717) is 16.8 Å². The summed E-state index contributed by atoms with van der Waals surface area (Å²) in [4.78, 5) is 28.6. The van der Waals surface area contributed by atoms with Crippen molar-refractivity contribution in [2.75, 3.05) is 15.5 Å². The Kier molecular flexibility index (Phi) is 7.51. The lowest BCUT2D eigenvalue weighted by molar-refractivity contribution is 0.101. The van der Waals surface area contributed by atoms with E-state index in [2.05, 4.69) is 15.5 Å². The van der Waals surface area contributed by atoms with E-state index in [0.717, 1.165) is 33.9 Å². The van der Waals surface area contributed by atoms with Crippen LogP contribution in [0, 0.1) is 13.8 Å². The van der Waals surface area contributed by atoms with Crippen molar-refractivity contribution < 1.29 is 9.59 Å². The van der Waals surface area contributed by atoms with Gasteiger partial charge in [0.25, 0.3) is 11.8 Å². The van der Waals surface area contributed by atoms with Gasteiger partial charge in [0.1, 0.15) is 0 Å². The Morgan fingerprint density at radius 3 is 1.79 bits per heavy atom. The highest BCUT2D eigenvalue weighted by Gasteiger charge is 2.20. The molecule has 39 heavy (non-hydrogen) atoms. The highest BCUT2D eigenvalue weighted by Crippen LogP contribution is 2.36. The summed E-state index contributed by atoms with van der Waals surface area (Å²) >= 11 is 0. The predicted octanol–water partition coefficient (Wildman–Crippen LogP) is 8.28. The number of rotatable bonds is 7. The second-order valence-electron chi connectivity index (χ2n) is 9.31. The molecule has 5 aromatic rings. The van der Waals surface area contributed by atoms with Crippen LogP contribution in [-0.4, -0.2) is 11.8 Å². The van der Waals surface area contributed by atoms with Gasteiger partial charge in [-0.15, -0.1) is 0 Å². The van der Waals surface area contributed by atoms with Crippen LogP contribution in [-0.2, 0) is 0 Å². The van der Waals surface area contributed by atoms with Gasteiger partial charge in [-0.3, -0.25) is 9.59 Å². The van der Waals surface area contributed by atoms with Crippen molar-refractivity contribution in [3.05, 3.63) is 150 Å². The van der Waals surface area contributed by atoms with Crippen LogP contribution in [0.5, 0.6) is 0 Å². The molecule has 5 rings (SSSR count). The zero-order valence-corrected chi connectivity index (χ0v) is 21.9. The minimum Gasteiger partial charge on any atom is -0.322 e. The second-order valence-corrected chi connectivity index (χ2v) is 9.31. The number of carbonyl (C=O) groups excluding carboxylic acids is 2. The summed E-state index contributed by atoms with van der Waals surface area (Å²) in [6, 6.07) is 40.1. The summed E-state index contributed by atoms with van der Waals surface area (Å²) in [5.74, 6) is -0.511. The highest BCUT2D eigenvalue weighted by atomic mass is 16.2. The molecule has 0 atom stereocenters. The smallest absolute Gasteiger partial charge is 0.257 e. The highest BCUT2D eigenvalue weighted by molar-refractivity contribution is 6.10. The molecule has 2 amide bonds. The zero-order valence-electron chi connectivity index (χ0n) is 21.9.